The van der Waals surface area contributed by atoms with Crippen LogP contribution in [-0.4, -0.2) is 35.3 Å². The molecular weight excluding hydrogens is 298 g/mol. The Balaban J connectivity index is 2.13. The third-order valence-electron chi connectivity index (χ3n) is 3.33. The van der Waals surface area contributed by atoms with Gasteiger partial charge in [0, 0.05) is 12.7 Å². The molecule has 0 radical (unpaired) electrons. The lowest BCUT2D eigenvalue weighted by Crippen LogP contribution is -2.10. The Labute approximate surface area is 134 Å². The van der Waals surface area contributed by atoms with Gasteiger partial charge in [-0.3, -0.25) is 0 Å². The number of anilines is 1. The van der Waals surface area contributed by atoms with Crippen molar-refractivity contribution in [2.75, 3.05) is 19.5 Å². The van der Waals surface area contributed by atoms with Gasteiger partial charge in [0.2, 0.25) is 5.95 Å². The SMILES string of the molecule is CCc1nc(NCc2ccc(OC)c(OC)c2)ncc1C(=O)O. The van der Waals surface area contributed by atoms with Gasteiger partial charge in [0.05, 0.1) is 25.5 Å². The summed E-state index contributed by atoms with van der Waals surface area (Å²) in [6.07, 6.45) is 1.85. The number of hydrogen-bond donors (Lipinski definition) is 2. The van der Waals surface area contributed by atoms with Gasteiger partial charge < -0.3 is 19.9 Å². The highest BCUT2D eigenvalue weighted by Crippen LogP contribution is 2.27. The number of carboxylic acid groups (broad SMARTS) is 1. The molecule has 0 spiro atoms. The zero-order valence-corrected chi connectivity index (χ0v) is 13.3. The molecule has 7 nitrogen and oxygen atoms in total. The number of nitrogens with one attached hydrogen (secondary N) is 1. The van der Waals surface area contributed by atoms with E-state index in [1.807, 2.05) is 25.1 Å². The van der Waals surface area contributed by atoms with Crippen molar-refractivity contribution in [2.24, 2.45) is 0 Å². The van der Waals surface area contributed by atoms with Gasteiger partial charge in [-0.2, -0.15) is 0 Å². The fourth-order valence-electron chi connectivity index (χ4n) is 2.12. The third kappa shape index (κ3) is 3.88. The van der Waals surface area contributed by atoms with Gasteiger partial charge in [-0.1, -0.05) is 13.0 Å². The second-order valence-corrected chi connectivity index (χ2v) is 4.76. The van der Waals surface area contributed by atoms with Crippen LogP contribution in [0.3, 0.4) is 0 Å². The van der Waals surface area contributed by atoms with E-state index < -0.39 is 5.97 Å². The second kappa shape index (κ2) is 7.44. The largest absolute Gasteiger partial charge is 0.493 e. The molecule has 0 unspecified atom stereocenters. The minimum Gasteiger partial charge on any atom is -0.493 e. The lowest BCUT2D eigenvalue weighted by Gasteiger charge is -2.11. The molecule has 0 aliphatic rings. The maximum Gasteiger partial charge on any atom is 0.339 e. The number of carbonyl (C=O) groups is 1. The van der Waals surface area contributed by atoms with Crippen LogP contribution in [0.1, 0.15) is 28.5 Å². The maximum atomic E-state index is 11.1. The molecule has 0 bridgehead atoms. The standard InChI is InChI=1S/C16H19N3O4/c1-4-12-11(15(20)21)9-18-16(19-12)17-8-10-5-6-13(22-2)14(7-10)23-3/h5-7,9H,4,8H2,1-3H3,(H,20,21)(H,17,18,19). The van der Waals surface area contributed by atoms with E-state index in [1.54, 1.807) is 14.2 Å². The van der Waals surface area contributed by atoms with Crippen molar-refractivity contribution < 1.29 is 19.4 Å². The van der Waals surface area contributed by atoms with Gasteiger partial charge in [-0.25, -0.2) is 14.8 Å². The van der Waals surface area contributed by atoms with Crippen LogP contribution in [0.4, 0.5) is 5.95 Å². The van der Waals surface area contributed by atoms with Crippen molar-refractivity contribution >= 4 is 11.9 Å². The van der Waals surface area contributed by atoms with Gasteiger partial charge in [0.1, 0.15) is 0 Å². The molecule has 0 aliphatic heterocycles. The smallest absolute Gasteiger partial charge is 0.339 e. The summed E-state index contributed by atoms with van der Waals surface area (Å²) in [7, 11) is 3.16. The number of nitrogens with zero attached hydrogens (tertiary/aromatic N) is 2. The molecule has 1 heterocycles. The van der Waals surface area contributed by atoms with E-state index in [2.05, 4.69) is 15.3 Å². The number of benzene rings is 1. The molecule has 2 N–H and O–H groups in total. The fraction of sp³-hybridized carbons (Fsp3) is 0.312. The van der Waals surface area contributed by atoms with Crippen LogP contribution in [-0.2, 0) is 13.0 Å². The van der Waals surface area contributed by atoms with Crippen LogP contribution < -0.4 is 14.8 Å². The number of aryl methyl sites for hydroxylation is 1. The van der Waals surface area contributed by atoms with E-state index in [9.17, 15) is 4.79 Å². The molecule has 7 heteroatoms. The van der Waals surface area contributed by atoms with E-state index in [0.717, 1.165) is 5.56 Å². The highest BCUT2D eigenvalue weighted by Gasteiger charge is 2.12. The molecule has 122 valence electrons. The number of ether oxygens (including phenoxy) is 2. The first-order valence-corrected chi connectivity index (χ1v) is 7.13. The molecule has 0 aliphatic carbocycles. The molecule has 2 rings (SSSR count). The lowest BCUT2D eigenvalue weighted by atomic mass is 10.2. The normalized spacial score (nSPS) is 10.2. The van der Waals surface area contributed by atoms with Crippen LogP contribution in [0.15, 0.2) is 24.4 Å². The lowest BCUT2D eigenvalue weighted by molar-refractivity contribution is 0.0694. The van der Waals surface area contributed by atoms with Crippen LogP contribution in [0.2, 0.25) is 0 Å². The number of rotatable bonds is 7. The van der Waals surface area contributed by atoms with Gasteiger partial charge in [0.25, 0.3) is 0 Å². The first kappa shape index (κ1) is 16.5. The van der Waals surface area contributed by atoms with Crippen molar-refractivity contribution in [3.63, 3.8) is 0 Å². The van der Waals surface area contributed by atoms with E-state index in [4.69, 9.17) is 14.6 Å². The fourth-order valence-corrected chi connectivity index (χ4v) is 2.12. The summed E-state index contributed by atoms with van der Waals surface area (Å²) < 4.78 is 10.5. The van der Waals surface area contributed by atoms with Crippen molar-refractivity contribution in [1.82, 2.24) is 9.97 Å². The Hall–Kier alpha value is -2.83. The molecule has 23 heavy (non-hydrogen) atoms. The summed E-state index contributed by atoms with van der Waals surface area (Å²) >= 11 is 0. The summed E-state index contributed by atoms with van der Waals surface area (Å²) in [4.78, 5) is 19.4. The van der Waals surface area contributed by atoms with Crippen LogP contribution in [0.25, 0.3) is 0 Å². The average molecular weight is 317 g/mol. The van der Waals surface area contributed by atoms with Crippen LogP contribution >= 0.6 is 0 Å². The van der Waals surface area contributed by atoms with E-state index >= 15 is 0 Å². The number of methoxy groups -OCH3 is 2. The topological polar surface area (TPSA) is 93.6 Å². The van der Waals surface area contributed by atoms with E-state index in [-0.39, 0.29) is 5.56 Å². The summed E-state index contributed by atoms with van der Waals surface area (Å²) in [5.74, 6) is 0.671. The van der Waals surface area contributed by atoms with Crippen molar-refractivity contribution in [3.05, 3.63) is 41.2 Å². The van der Waals surface area contributed by atoms with Gasteiger partial charge in [0.15, 0.2) is 11.5 Å². The number of carboxylic acids is 1. The van der Waals surface area contributed by atoms with Crippen molar-refractivity contribution in [3.8, 4) is 11.5 Å². The minimum atomic E-state index is -1.02. The zero-order valence-electron chi connectivity index (χ0n) is 13.3. The zero-order chi connectivity index (χ0) is 16.8. The van der Waals surface area contributed by atoms with Crippen molar-refractivity contribution in [1.29, 1.82) is 0 Å². The van der Waals surface area contributed by atoms with Crippen LogP contribution in [0, 0.1) is 0 Å². The Morgan fingerprint density at radius 1 is 1.26 bits per heavy atom. The predicted octanol–water partition coefficient (Wildman–Crippen LogP) is 2.37. The average Bonchev–Trinajstić information content (AvgIpc) is 2.59. The number of aromatic nitrogens is 2. The number of aromatic carboxylic acids is 1. The highest BCUT2D eigenvalue weighted by atomic mass is 16.5. The second-order valence-electron chi connectivity index (χ2n) is 4.76. The van der Waals surface area contributed by atoms with Gasteiger partial charge in [-0.15, -0.1) is 0 Å². The number of hydrogen-bond acceptors (Lipinski definition) is 6. The molecule has 2 aromatic rings. The van der Waals surface area contributed by atoms with Gasteiger partial charge in [-0.05, 0) is 24.1 Å². The Bertz CT molecular complexity index is 704. The quantitative estimate of drug-likeness (QED) is 0.809. The molecule has 0 saturated heterocycles. The summed E-state index contributed by atoms with van der Waals surface area (Å²) in [5.41, 5.74) is 1.60. The molecule has 0 amide bonds. The highest BCUT2D eigenvalue weighted by molar-refractivity contribution is 5.88. The van der Waals surface area contributed by atoms with E-state index in [0.29, 0.717) is 36.1 Å². The molecule has 0 fully saturated rings. The molecule has 0 atom stereocenters. The summed E-state index contributed by atoms with van der Waals surface area (Å²) in [6, 6.07) is 5.58. The minimum absolute atomic E-state index is 0.129. The molecule has 1 aromatic carbocycles. The molecular formula is C16H19N3O4. The molecule has 0 saturated carbocycles. The van der Waals surface area contributed by atoms with Crippen LogP contribution in [0.5, 0.6) is 11.5 Å². The van der Waals surface area contributed by atoms with Crippen molar-refractivity contribution in [2.45, 2.75) is 19.9 Å². The first-order chi connectivity index (χ1) is 11.1. The summed E-state index contributed by atoms with van der Waals surface area (Å²) in [5, 5.41) is 12.2. The maximum absolute atomic E-state index is 11.1. The Kier molecular flexibility index (Phi) is 5.35. The summed E-state index contributed by atoms with van der Waals surface area (Å²) in [6.45, 7) is 2.34. The predicted molar refractivity (Wildman–Crippen MR) is 85.2 cm³/mol. The monoisotopic (exact) mass is 317 g/mol. The Morgan fingerprint density at radius 3 is 2.61 bits per heavy atom. The molecule has 1 aromatic heterocycles. The van der Waals surface area contributed by atoms with Gasteiger partial charge >= 0.3 is 5.97 Å². The first-order valence-electron chi connectivity index (χ1n) is 7.13. The third-order valence-corrected chi connectivity index (χ3v) is 3.33. The Morgan fingerprint density at radius 2 is 2.00 bits per heavy atom. The van der Waals surface area contributed by atoms with E-state index in [1.165, 1.54) is 6.20 Å².